The largest absolute Gasteiger partial charge is 0.495 e. The van der Waals surface area contributed by atoms with Gasteiger partial charge in [0.25, 0.3) is 0 Å². The van der Waals surface area contributed by atoms with E-state index in [2.05, 4.69) is 0 Å². The van der Waals surface area contributed by atoms with Crippen molar-refractivity contribution < 1.29 is 9.53 Å². The number of hydrogen-bond donors (Lipinski definition) is 0. The first-order chi connectivity index (χ1) is 10.2. The Balaban J connectivity index is 1.97. The number of nitrogens with zero attached hydrogens (tertiary/aromatic N) is 1. The monoisotopic (exact) mass is 281 g/mol. The summed E-state index contributed by atoms with van der Waals surface area (Å²) in [7, 11) is 1.63. The molecule has 21 heavy (non-hydrogen) atoms. The van der Waals surface area contributed by atoms with Gasteiger partial charge >= 0.3 is 0 Å². The van der Waals surface area contributed by atoms with E-state index >= 15 is 0 Å². The topological polar surface area (TPSA) is 29.5 Å². The Morgan fingerprint density at radius 2 is 1.71 bits per heavy atom. The van der Waals surface area contributed by atoms with Gasteiger partial charge in [0.2, 0.25) is 5.91 Å². The third-order valence-corrected chi connectivity index (χ3v) is 4.34. The molecule has 2 aromatic carbocycles. The fourth-order valence-corrected chi connectivity index (χ4v) is 3.00. The van der Waals surface area contributed by atoms with Crippen molar-refractivity contribution in [2.45, 2.75) is 18.8 Å². The summed E-state index contributed by atoms with van der Waals surface area (Å²) in [4.78, 5) is 14.8. The number of rotatable bonds is 3. The summed E-state index contributed by atoms with van der Waals surface area (Å²) in [5.41, 5.74) is 1.47. The number of carbonyl (C=O) groups is 1. The summed E-state index contributed by atoms with van der Waals surface area (Å²) >= 11 is 0. The summed E-state index contributed by atoms with van der Waals surface area (Å²) < 4.78 is 5.39. The van der Waals surface area contributed by atoms with Crippen molar-refractivity contribution in [3.8, 4) is 5.75 Å². The fraction of sp³-hybridized carbons (Fsp3) is 0.278. The highest BCUT2D eigenvalue weighted by molar-refractivity contribution is 6.04. The van der Waals surface area contributed by atoms with Gasteiger partial charge in [0.15, 0.2) is 0 Å². The molecule has 0 aliphatic carbocycles. The molecule has 0 N–H and O–H groups in total. The molecule has 3 nitrogen and oxygen atoms in total. The third-order valence-electron chi connectivity index (χ3n) is 4.34. The summed E-state index contributed by atoms with van der Waals surface area (Å²) in [5.74, 6) is 0.876. The average molecular weight is 281 g/mol. The van der Waals surface area contributed by atoms with Crippen LogP contribution < -0.4 is 9.64 Å². The van der Waals surface area contributed by atoms with Crippen molar-refractivity contribution in [2.24, 2.45) is 0 Å². The van der Waals surface area contributed by atoms with E-state index in [1.165, 1.54) is 0 Å². The van der Waals surface area contributed by atoms with E-state index in [4.69, 9.17) is 4.74 Å². The Labute approximate surface area is 125 Å². The van der Waals surface area contributed by atoms with Crippen LogP contribution in [0.1, 0.15) is 18.9 Å². The summed E-state index contributed by atoms with van der Waals surface area (Å²) in [6.07, 6.45) is 0.813. The first-order valence-electron chi connectivity index (χ1n) is 7.17. The Kier molecular flexibility index (Phi) is 3.42. The Morgan fingerprint density at radius 3 is 2.43 bits per heavy atom. The van der Waals surface area contributed by atoms with Gasteiger partial charge in [-0.05, 0) is 31.0 Å². The van der Waals surface area contributed by atoms with Crippen LogP contribution in [0.4, 0.5) is 5.69 Å². The molecule has 1 aliphatic rings. The van der Waals surface area contributed by atoms with Crippen LogP contribution in [-0.2, 0) is 10.2 Å². The number of anilines is 1. The molecule has 0 radical (unpaired) electrons. The van der Waals surface area contributed by atoms with Crippen molar-refractivity contribution in [3.05, 3.63) is 60.2 Å². The number of ether oxygens (including phenoxy) is 1. The van der Waals surface area contributed by atoms with E-state index < -0.39 is 5.41 Å². The molecule has 0 spiro atoms. The minimum absolute atomic E-state index is 0.137. The number of carbonyl (C=O) groups excluding carboxylic acids is 1. The quantitative estimate of drug-likeness (QED) is 0.863. The fourth-order valence-electron chi connectivity index (χ4n) is 3.00. The summed E-state index contributed by atoms with van der Waals surface area (Å²) in [6, 6.07) is 17.7. The van der Waals surface area contributed by atoms with Gasteiger partial charge < -0.3 is 9.64 Å². The zero-order valence-electron chi connectivity index (χ0n) is 12.4. The summed E-state index contributed by atoms with van der Waals surface area (Å²) in [6.45, 7) is 2.74. The molecule has 1 atom stereocenters. The van der Waals surface area contributed by atoms with Crippen LogP contribution in [0.25, 0.3) is 0 Å². The number of benzene rings is 2. The van der Waals surface area contributed by atoms with Crippen molar-refractivity contribution in [1.82, 2.24) is 0 Å². The highest BCUT2D eigenvalue weighted by Crippen LogP contribution is 2.40. The van der Waals surface area contributed by atoms with Crippen molar-refractivity contribution in [3.63, 3.8) is 0 Å². The molecule has 1 heterocycles. The van der Waals surface area contributed by atoms with Crippen LogP contribution in [0.3, 0.4) is 0 Å². The third kappa shape index (κ3) is 2.19. The van der Waals surface area contributed by atoms with Gasteiger partial charge in [0, 0.05) is 6.54 Å². The Bertz CT molecular complexity index is 653. The minimum atomic E-state index is -0.456. The lowest BCUT2D eigenvalue weighted by Crippen LogP contribution is -2.35. The zero-order valence-corrected chi connectivity index (χ0v) is 12.4. The van der Waals surface area contributed by atoms with Gasteiger partial charge in [0.05, 0.1) is 18.2 Å². The molecule has 3 heteroatoms. The van der Waals surface area contributed by atoms with Crippen LogP contribution >= 0.6 is 0 Å². The maximum absolute atomic E-state index is 13.0. The van der Waals surface area contributed by atoms with Crippen LogP contribution in [-0.4, -0.2) is 19.6 Å². The molecule has 2 aromatic rings. The predicted molar refractivity (Wildman–Crippen MR) is 83.8 cm³/mol. The molecule has 1 fully saturated rings. The Morgan fingerprint density at radius 1 is 1.05 bits per heavy atom. The van der Waals surface area contributed by atoms with E-state index in [0.29, 0.717) is 6.54 Å². The normalized spacial score (nSPS) is 21.6. The second-order valence-corrected chi connectivity index (χ2v) is 5.58. The van der Waals surface area contributed by atoms with E-state index in [9.17, 15) is 4.79 Å². The van der Waals surface area contributed by atoms with Crippen molar-refractivity contribution in [2.75, 3.05) is 18.6 Å². The lowest BCUT2D eigenvalue weighted by atomic mass is 9.81. The zero-order chi connectivity index (χ0) is 14.9. The molecular formula is C18H19NO2. The number of amides is 1. The number of hydrogen-bond acceptors (Lipinski definition) is 2. The molecule has 3 rings (SSSR count). The van der Waals surface area contributed by atoms with Crippen LogP contribution in [0.15, 0.2) is 54.6 Å². The molecule has 1 aliphatic heterocycles. The van der Waals surface area contributed by atoms with E-state index in [1.807, 2.05) is 66.4 Å². The second kappa shape index (κ2) is 5.24. The van der Waals surface area contributed by atoms with Gasteiger partial charge in [-0.3, -0.25) is 4.79 Å². The first-order valence-corrected chi connectivity index (χ1v) is 7.17. The standard InChI is InChI=1S/C18H19NO2/c1-18(14-8-4-3-5-9-14)12-13-19(17(18)20)15-10-6-7-11-16(15)21-2/h3-11H,12-13H2,1-2H3/t18-/m0/s1. The number of methoxy groups -OCH3 is 1. The van der Waals surface area contributed by atoms with Gasteiger partial charge in [-0.2, -0.15) is 0 Å². The second-order valence-electron chi connectivity index (χ2n) is 5.58. The average Bonchev–Trinajstić information content (AvgIpc) is 2.85. The SMILES string of the molecule is COc1ccccc1N1CC[C@@](C)(c2ccccc2)C1=O. The van der Waals surface area contributed by atoms with Gasteiger partial charge in [-0.25, -0.2) is 0 Å². The van der Waals surface area contributed by atoms with Crippen LogP contribution in [0.2, 0.25) is 0 Å². The maximum atomic E-state index is 13.0. The molecule has 1 amide bonds. The van der Waals surface area contributed by atoms with E-state index in [-0.39, 0.29) is 5.91 Å². The van der Waals surface area contributed by atoms with Gasteiger partial charge in [-0.1, -0.05) is 42.5 Å². The molecule has 0 saturated carbocycles. The molecule has 1 saturated heterocycles. The minimum Gasteiger partial charge on any atom is -0.495 e. The van der Waals surface area contributed by atoms with Crippen LogP contribution in [0, 0.1) is 0 Å². The lowest BCUT2D eigenvalue weighted by Gasteiger charge is -2.25. The molecule has 0 aromatic heterocycles. The molecule has 0 unspecified atom stereocenters. The van der Waals surface area contributed by atoms with Crippen LogP contribution in [0.5, 0.6) is 5.75 Å². The predicted octanol–water partition coefficient (Wildman–Crippen LogP) is 3.39. The van der Waals surface area contributed by atoms with Gasteiger partial charge in [-0.15, -0.1) is 0 Å². The van der Waals surface area contributed by atoms with Crippen molar-refractivity contribution >= 4 is 11.6 Å². The van der Waals surface area contributed by atoms with E-state index in [1.54, 1.807) is 7.11 Å². The van der Waals surface area contributed by atoms with Gasteiger partial charge in [0.1, 0.15) is 5.75 Å². The smallest absolute Gasteiger partial charge is 0.237 e. The number of para-hydroxylation sites is 2. The highest BCUT2D eigenvalue weighted by Gasteiger charge is 2.45. The molecular weight excluding hydrogens is 262 g/mol. The highest BCUT2D eigenvalue weighted by atomic mass is 16.5. The van der Waals surface area contributed by atoms with Crippen molar-refractivity contribution in [1.29, 1.82) is 0 Å². The van der Waals surface area contributed by atoms with E-state index in [0.717, 1.165) is 23.4 Å². The lowest BCUT2D eigenvalue weighted by molar-refractivity contribution is -0.121. The summed E-state index contributed by atoms with van der Waals surface area (Å²) in [5, 5.41) is 0. The molecule has 0 bridgehead atoms. The first kappa shape index (κ1) is 13.7. The maximum Gasteiger partial charge on any atom is 0.237 e. The Hall–Kier alpha value is -2.29. The molecule has 108 valence electrons.